The minimum atomic E-state index is 0.0598. The average Bonchev–Trinajstić information content (AvgIpc) is 3.08. The average molecular weight is 383 g/mol. The molecule has 2 aromatic rings. The molecule has 0 atom stereocenters. The van der Waals surface area contributed by atoms with Crippen molar-refractivity contribution in [3.8, 4) is 11.4 Å². The second kappa shape index (κ2) is 8.46. The van der Waals surface area contributed by atoms with Crippen molar-refractivity contribution in [2.24, 2.45) is 17.6 Å². The summed E-state index contributed by atoms with van der Waals surface area (Å²) in [6.45, 7) is 7.08. The molecule has 1 aliphatic carbocycles. The molecule has 1 aliphatic rings. The lowest BCUT2D eigenvalue weighted by Crippen LogP contribution is -2.35. The van der Waals surface area contributed by atoms with Gasteiger partial charge in [-0.25, -0.2) is 0 Å². The Bertz CT molecular complexity index is 816. The Morgan fingerprint density at radius 2 is 1.82 bits per heavy atom. The zero-order valence-electron chi connectivity index (χ0n) is 17.8. The number of hydrogen-bond donors (Lipinski definition) is 1. The molecule has 152 valence electrons. The molecule has 1 aromatic carbocycles. The Kier molecular flexibility index (Phi) is 6.21. The summed E-state index contributed by atoms with van der Waals surface area (Å²) < 4.78 is 2.13. The second-order valence-electron chi connectivity index (χ2n) is 9.07. The first kappa shape index (κ1) is 20.6. The predicted molar refractivity (Wildman–Crippen MR) is 114 cm³/mol. The molecule has 0 unspecified atom stereocenters. The standard InChI is InChI=1S/C23H34N4O/c1-5-6-9-12-22(2)13-15-23(3,16-14-22)21-26-25-20(27(21)4)19-11-8-7-10-18(19)17-24-28/h7-8,10-11,17,28H,5-6,9,12-16H2,1-4H3/b24-17+. The SMILES string of the molecule is CCCCCC1(C)CCC(C)(c2nnc(-c3ccccc3/C=N/O)n2C)CC1. The minimum Gasteiger partial charge on any atom is -0.411 e. The van der Waals surface area contributed by atoms with Gasteiger partial charge in [0.2, 0.25) is 0 Å². The van der Waals surface area contributed by atoms with Gasteiger partial charge in [-0.1, -0.05) is 69.5 Å². The molecule has 3 rings (SSSR count). The summed E-state index contributed by atoms with van der Waals surface area (Å²) in [5, 5.41) is 21.3. The Hall–Kier alpha value is -2.17. The van der Waals surface area contributed by atoms with E-state index in [1.54, 1.807) is 0 Å². The van der Waals surface area contributed by atoms with Crippen LogP contribution in [0.2, 0.25) is 0 Å². The van der Waals surface area contributed by atoms with E-state index in [-0.39, 0.29) is 5.41 Å². The van der Waals surface area contributed by atoms with Gasteiger partial charge in [-0.3, -0.25) is 0 Å². The van der Waals surface area contributed by atoms with Crippen LogP contribution in [0, 0.1) is 5.41 Å². The molecule has 1 saturated carbocycles. The Balaban J connectivity index is 1.81. The lowest BCUT2D eigenvalue weighted by molar-refractivity contribution is 0.132. The summed E-state index contributed by atoms with van der Waals surface area (Å²) in [5.74, 6) is 1.89. The highest BCUT2D eigenvalue weighted by Crippen LogP contribution is 2.48. The van der Waals surface area contributed by atoms with E-state index >= 15 is 0 Å². The highest BCUT2D eigenvalue weighted by Gasteiger charge is 2.41. The van der Waals surface area contributed by atoms with Gasteiger partial charge in [-0.15, -0.1) is 10.2 Å². The van der Waals surface area contributed by atoms with Crippen LogP contribution in [-0.4, -0.2) is 26.2 Å². The minimum absolute atomic E-state index is 0.0598. The molecule has 0 radical (unpaired) electrons. The molecule has 0 bridgehead atoms. The van der Waals surface area contributed by atoms with Crippen molar-refractivity contribution < 1.29 is 5.21 Å². The molecule has 1 heterocycles. The van der Waals surface area contributed by atoms with E-state index in [1.807, 2.05) is 24.3 Å². The smallest absolute Gasteiger partial charge is 0.164 e. The molecule has 1 fully saturated rings. The van der Waals surface area contributed by atoms with Crippen LogP contribution in [0.15, 0.2) is 29.4 Å². The van der Waals surface area contributed by atoms with Crippen LogP contribution in [0.3, 0.4) is 0 Å². The van der Waals surface area contributed by atoms with Crippen LogP contribution in [-0.2, 0) is 12.5 Å². The number of rotatable bonds is 7. The van der Waals surface area contributed by atoms with Gasteiger partial charge < -0.3 is 9.77 Å². The van der Waals surface area contributed by atoms with Gasteiger partial charge in [-0.2, -0.15) is 0 Å². The van der Waals surface area contributed by atoms with Crippen LogP contribution in [0.4, 0.5) is 0 Å². The number of oxime groups is 1. The molecule has 0 amide bonds. The van der Waals surface area contributed by atoms with E-state index < -0.39 is 0 Å². The fraction of sp³-hybridized carbons (Fsp3) is 0.609. The molecule has 0 aliphatic heterocycles. The largest absolute Gasteiger partial charge is 0.411 e. The van der Waals surface area contributed by atoms with E-state index in [9.17, 15) is 0 Å². The van der Waals surface area contributed by atoms with Gasteiger partial charge in [0.15, 0.2) is 5.82 Å². The monoisotopic (exact) mass is 382 g/mol. The summed E-state index contributed by atoms with van der Waals surface area (Å²) in [7, 11) is 2.05. The highest BCUT2D eigenvalue weighted by molar-refractivity contribution is 5.88. The molecule has 1 aromatic heterocycles. The zero-order chi connectivity index (χ0) is 20.2. The molecular weight excluding hydrogens is 348 g/mol. The summed E-state index contributed by atoms with van der Waals surface area (Å²) >= 11 is 0. The molecule has 1 N–H and O–H groups in total. The van der Waals surface area contributed by atoms with E-state index in [4.69, 9.17) is 5.21 Å². The Morgan fingerprint density at radius 1 is 1.11 bits per heavy atom. The van der Waals surface area contributed by atoms with Crippen molar-refractivity contribution in [3.63, 3.8) is 0 Å². The first-order chi connectivity index (χ1) is 13.4. The number of hydrogen-bond acceptors (Lipinski definition) is 4. The molecule has 0 saturated heterocycles. The summed E-state index contributed by atoms with van der Waals surface area (Å²) in [6.07, 6.45) is 11.6. The van der Waals surface area contributed by atoms with E-state index in [1.165, 1.54) is 44.7 Å². The number of nitrogens with zero attached hydrogens (tertiary/aromatic N) is 4. The van der Waals surface area contributed by atoms with Crippen LogP contribution in [0.25, 0.3) is 11.4 Å². The maximum absolute atomic E-state index is 8.96. The Morgan fingerprint density at radius 3 is 2.50 bits per heavy atom. The summed E-state index contributed by atoms with van der Waals surface area (Å²) in [5.41, 5.74) is 2.31. The number of unbranched alkanes of at least 4 members (excludes halogenated alkanes) is 2. The van der Waals surface area contributed by atoms with Crippen molar-refractivity contribution in [2.75, 3.05) is 0 Å². The van der Waals surface area contributed by atoms with Gasteiger partial charge in [-0.05, 0) is 37.5 Å². The molecular formula is C23H34N4O. The predicted octanol–water partition coefficient (Wildman–Crippen LogP) is 5.71. The fourth-order valence-corrected chi connectivity index (χ4v) is 4.65. The van der Waals surface area contributed by atoms with Crippen molar-refractivity contribution in [3.05, 3.63) is 35.7 Å². The molecule has 5 heteroatoms. The van der Waals surface area contributed by atoms with Crippen LogP contribution in [0.5, 0.6) is 0 Å². The van der Waals surface area contributed by atoms with Crippen molar-refractivity contribution >= 4 is 6.21 Å². The van der Waals surface area contributed by atoms with Gasteiger partial charge >= 0.3 is 0 Å². The van der Waals surface area contributed by atoms with Crippen LogP contribution in [0.1, 0.15) is 83.5 Å². The van der Waals surface area contributed by atoms with Gasteiger partial charge in [0.1, 0.15) is 5.82 Å². The van der Waals surface area contributed by atoms with E-state index in [2.05, 4.69) is 47.7 Å². The lowest BCUT2D eigenvalue weighted by atomic mass is 9.63. The van der Waals surface area contributed by atoms with E-state index in [0.29, 0.717) is 5.41 Å². The van der Waals surface area contributed by atoms with Gasteiger partial charge in [0.05, 0.1) is 6.21 Å². The van der Waals surface area contributed by atoms with Gasteiger partial charge in [0, 0.05) is 23.6 Å². The quantitative estimate of drug-likeness (QED) is 0.289. The fourth-order valence-electron chi connectivity index (χ4n) is 4.65. The molecule has 5 nitrogen and oxygen atoms in total. The zero-order valence-corrected chi connectivity index (χ0v) is 17.8. The maximum Gasteiger partial charge on any atom is 0.164 e. The van der Waals surface area contributed by atoms with Crippen LogP contribution >= 0.6 is 0 Å². The summed E-state index contributed by atoms with van der Waals surface area (Å²) in [4.78, 5) is 0. The molecule has 0 spiro atoms. The maximum atomic E-state index is 8.96. The third-order valence-corrected chi connectivity index (χ3v) is 6.76. The van der Waals surface area contributed by atoms with Crippen molar-refractivity contribution in [2.45, 2.75) is 77.6 Å². The highest BCUT2D eigenvalue weighted by atomic mass is 16.4. The first-order valence-corrected chi connectivity index (χ1v) is 10.6. The van der Waals surface area contributed by atoms with Gasteiger partial charge in [0.25, 0.3) is 0 Å². The Labute approximate surface area is 168 Å². The number of aromatic nitrogens is 3. The number of benzene rings is 1. The first-order valence-electron chi connectivity index (χ1n) is 10.6. The summed E-state index contributed by atoms with van der Waals surface area (Å²) in [6, 6.07) is 7.83. The third-order valence-electron chi connectivity index (χ3n) is 6.76. The topological polar surface area (TPSA) is 63.3 Å². The third kappa shape index (κ3) is 4.13. The van der Waals surface area contributed by atoms with Crippen molar-refractivity contribution in [1.82, 2.24) is 14.8 Å². The van der Waals surface area contributed by atoms with E-state index in [0.717, 1.165) is 35.6 Å². The molecule has 28 heavy (non-hydrogen) atoms. The normalized spacial score (nSPS) is 25.4. The van der Waals surface area contributed by atoms with Crippen molar-refractivity contribution in [1.29, 1.82) is 0 Å². The van der Waals surface area contributed by atoms with Crippen LogP contribution < -0.4 is 0 Å². The lowest BCUT2D eigenvalue weighted by Gasteiger charge is -2.42. The second-order valence-corrected chi connectivity index (χ2v) is 9.07.